The van der Waals surface area contributed by atoms with Crippen molar-refractivity contribution in [1.82, 2.24) is 14.5 Å². The molecule has 0 saturated carbocycles. The summed E-state index contributed by atoms with van der Waals surface area (Å²) in [7, 11) is 0. The molecule has 5 heteroatoms. The zero-order valence-corrected chi connectivity index (χ0v) is 35.5. The quantitative estimate of drug-likeness (QED) is 0.162. The number of nitrogens with zero attached hydrogens (tertiary/aromatic N) is 3. The molecule has 0 amide bonds. The van der Waals surface area contributed by atoms with E-state index in [1.54, 1.807) is 12.1 Å². The third-order valence-corrected chi connectivity index (χ3v) is 10.8. The van der Waals surface area contributed by atoms with Crippen LogP contribution in [0.15, 0.2) is 170 Å². The third-order valence-electron chi connectivity index (χ3n) is 10.8. The smallest absolute Gasteiger partial charge is 0.148 e. The number of phenols is 1. The number of fused-ring (bicyclic) bond motifs is 1. The van der Waals surface area contributed by atoms with Gasteiger partial charge in [0.2, 0.25) is 0 Å². The molecule has 0 radical (unpaired) electrons. The number of phenolic OH excluding ortho intramolecular Hbond substituents is 1. The molecule has 0 saturated heterocycles. The summed E-state index contributed by atoms with van der Waals surface area (Å²) >= 11 is 0. The Bertz CT molecular complexity index is 3060. The molecule has 2 heterocycles. The molecule has 0 aliphatic rings. The van der Waals surface area contributed by atoms with Gasteiger partial charge in [-0.3, -0.25) is 9.55 Å². The van der Waals surface area contributed by atoms with Crippen molar-refractivity contribution in [3.05, 3.63) is 193 Å². The van der Waals surface area contributed by atoms with Crippen LogP contribution in [0.3, 0.4) is 0 Å². The Morgan fingerprint density at radius 1 is 0.610 bits per heavy atom. The van der Waals surface area contributed by atoms with Crippen LogP contribution in [0.5, 0.6) is 5.75 Å². The Morgan fingerprint density at radius 3 is 1.95 bits per heavy atom. The van der Waals surface area contributed by atoms with Crippen LogP contribution in [0.4, 0.5) is 0 Å². The summed E-state index contributed by atoms with van der Waals surface area (Å²) < 4.78 is 27.1. The first-order valence-corrected chi connectivity index (χ1v) is 19.5. The summed E-state index contributed by atoms with van der Waals surface area (Å²) in [5, 5.41) is 11.9. The molecule has 0 aliphatic heterocycles. The van der Waals surface area contributed by atoms with Gasteiger partial charge in [0.25, 0.3) is 0 Å². The second kappa shape index (κ2) is 16.1. The van der Waals surface area contributed by atoms with E-state index in [1.807, 2.05) is 116 Å². The number of aromatic nitrogens is 3. The van der Waals surface area contributed by atoms with Crippen molar-refractivity contribution in [3.8, 4) is 78.6 Å². The van der Waals surface area contributed by atoms with Crippen LogP contribution in [0, 0.1) is 19.8 Å². The minimum Gasteiger partial charge on any atom is -0.507 e. The molecule has 0 unspecified atom stereocenters. The van der Waals surface area contributed by atoms with Gasteiger partial charge in [0.15, 0.2) is 0 Å². The van der Waals surface area contributed by atoms with Gasteiger partial charge >= 0.3 is 0 Å². The van der Waals surface area contributed by atoms with Gasteiger partial charge in [0.05, 0.1) is 22.3 Å². The summed E-state index contributed by atoms with van der Waals surface area (Å²) in [5.74, 6) is 0.667. The Kier molecular flexibility index (Phi) is 9.78. The van der Waals surface area contributed by atoms with E-state index in [0.29, 0.717) is 16.9 Å². The fourth-order valence-corrected chi connectivity index (χ4v) is 7.74. The van der Waals surface area contributed by atoms with Gasteiger partial charge in [-0.05, 0) is 82.9 Å². The molecular formula is C54H44N3OPt-. The van der Waals surface area contributed by atoms with Crippen molar-refractivity contribution in [2.75, 3.05) is 0 Å². The van der Waals surface area contributed by atoms with Crippen molar-refractivity contribution in [2.24, 2.45) is 0 Å². The predicted octanol–water partition coefficient (Wildman–Crippen LogP) is 13.8. The van der Waals surface area contributed by atoms with E-state index < -0.39 is 6.85 Å². The van der Waals surface area contributed by atoms with Crippen LogP contribution in [-0.4, -0.2) is 19.6 Å². The average molecular weight is 949 g/mol. The van der Waals surface area contributed by atoms with Crippen molar-refractivity contribution in [3.63, 3.8) is 0 Å². The average Bonchev–Trinajstić information content (AvgIpc) is 3.66. The van der Waals surface area contributed by atoms with E-state index in [1.165, 1.54) is 0 Å². The van der Waals surface area contributed by atoms with Crippen LogP contribution in [-0.2, 0) is 26.5 Å². The summed E-state index contributed by atoms with van der Waals surface area (Å²) in [6.07, 6.45) is 1.84. The van der Waals surface area contributed by atoms with Gasteiger partial charge < -0.3 is 5.11 Å². The Hall–Kier alpha value is -6.35. The molecule has 9 aromatic rings. The van der Waals surface area contributed by atoms with Crippen LogP contribution in [0.1, 0.15) is 41.6 Å². The van der Waals surface area contributed by atoms with Crippen molar-refractivity contribution < 1.29 is 30.3 Å². The number of aryl methyl sites for hydroxylation is 2. The topological polar surface area (TPSA) is 50.9 Å². The molecule has 0 atom stereocenters. The van der Waals surface area contributed by atoms with E-state index in [4.69, 9.17) is 14.1 Å². The molecule has 292 valence electrons. The minimum absolute atomic E-state index is 0. The van der Waals surface area contributed by atoms with E-state index in [0.717, 1.165) is 78.1 Å². The Balaban J connectivity index is 0.00000529. The summed E-state index contributed by atoms with van der Waals surface area (Å²) in [5.41, 5.74) is 13.7. The van der Waals surface area contributed by atoms with Gasteiger partial charge in [-0.2, -0.15) is 0 Å². The molecule has 4 nitrogen and oxygen atoms in total. The summed E-state index contributed by atoms with van der Waals surface area (Å²) in [6, 6.07) is 58.0. The first kappa shape index (κ1) is 35.8. The maximum Gasteiger partial charge on any atom is 0.148 e. The molecule has 59 heavy (non-hydrogen) atoms. The SMILES string of the molecule is [2H]C([2H])([2H])c1ccc(-n2c(-c3cc(C(C)(C)C)cc(C)c3O)nc3c(-c4[c-]c(-c5cc(-c6ccccc6)ccn5)cc(-c5ccccc5)c4)cccc32)c(-c2ccccc2)c1.[Pt]. The number of hydrogen-bond donors (Lipinski definition) is 1. The first-order valence-electron chi connectivity index (χ1n) is 21.0. The normalized spacial score (nSPS) is 12.4. The van der Waals surface area contributed by atoms with Crippen LogP contribution in [0.2, 0.25) is 0 Å². The van der Waals surface area contributed by atoms with Crippen LogP contribution < -0.4 is 0 Å². The number of rotatable bonds is 7. The number of aromatic hydroxyl groups is 1. The maximum absolute atomic E-state index is 11.9. The monoisotopic (exact) mass is 948 g/mol. The largest absolute Gasteiger partial charge is 0.507 e. The van der Waals surface area contributed by atoms with Gasteiger partial charge in [-0.1, -0.05) is 164 Å². The molecule has 9 rings (SSSR count). The zero-order valence-electron chi connectivity index (χ0n) is 36.3. The van der Waals surface area contributed by atoms with Crippen molar-refractivity contribution in [1.29, 1.82) is 0 Å². The number of pyridine rings is 1. The first-order chi connectivity index (χ1) is 29.3. The molecule has 0 bridgehead atoms. The molecule has 0 aliphatic carbocycles. The van der Waals surface area contributed by atoms with Crippen molar-refractivity contribution in [2.45, 2.75) is 40.0 Å². The molecule has 1 N–H and O–H groups in total. The summed E-state index contributed by atoms with van der Waals surface area (Å²) in [6.45, 7) is 6.06. The second-order valence-electron chi connectivity index (χ2n) is 15.8. The van der Waals surface area contributed by atoms with Crippen LogP contribution >= 0.6 is 0 Å². The zero-order chi connectivity index (χ0) is 42.5. The molecule has 2 aromatic heterocycles. The molecule has 0 fully saturated rings. The standard InChI is InChI=1S/C54H44N3O.Pt/c1-35-24-25-49(46(28-35)39-20-13-8-14-21-39)57-50-23-15-22-45(51(50)56-53(57)47-34-44(54(3,4)5)29-36(2)52(47)58)42-30-41(38-18-11-7-12-19-38)31-43(32-42)48-33-40(26-27-55-48)37-16-9-6-10-17-37;/h6-31,33-34,58H,1-5H3;/q-1;/i1D3;. The van der Waals surface area contributed by atoms with Crippen LogP contribution in [0.25, 0.3) is 83.9 Å². The van der Waals surface area contributed by atoms with Gasteiger partial charge in [0.1, 0.15) is 11.6 Å². The van der Waals surface area contributed by atoms with Gasteiger partial charge in [0, 0.05) is 42.6 Å². The Labute approximate surface area is 365 Å². The molecule has 7 aromatic carbocycles. The maximum atomic E-state index is 11.9. The number of imidazole rings is 1. The van der Waals surface area contributed by atoms with E-state index in [9.17, 15) is 5.11 Å². The molecular weight excluding hydrogens is 902 g/mol. The second-order valence-corrected chi connectivity index (χ2v) is 15.8. The van der Waals surface area contributed by atoms with E-state index in [2.05, 4.69) is 79.9 Å². The third kappa shape index (κ3) is 7.69. The van der Waals surface area contributed by atoms with Gasteiger partial charge in [-0.15, -0.1) is 23.8 Å². The minimum atomic E-state index is -2.32. The predicted molar refractivity (Wildman–Crippen MR) is 240 cm³/mol. The van der Waals surface area contributed by atoms with E-state index >= 15 is 0 Å². The molecule has 0 spiro atoms. The number of benzene rings is 7. The van der Waals surface area contributed by atoms with Gasteiger partial charge in [-0.25, -0.2) is 4.98 Å². The van der Waals surface area contributed by atoms with E-state index in [-0.39, 0.29) is 37.8 Å². The fourth-order valence-electron chi connectivity index (χ4n) is 7.74. The van der Waals surface area contributed by atoms with Crippen molar-refractivity contribution >= 4 is 11.0 Å². The number of hydrogen-bond acceptors (Lipinski definition) is 3. The fraction of sp³-hybridized carbons (Fsp3) is 0.111. The number of para-hydroxylation sites is 1. The summed E-state index contributed by atoms with van der Waals surface area (Å²) in [4.78, 5) is 10.3. The Morgan fingerprint density at radius 2 is 1.27 bits per heavy atom.